The van der Waals surface area contributed by atoms with Crippen molar-refractivity contribution >= 4 is 22.0 Å². The number of benzene rings is 4. The second-order valence-corrected chi connectivity index (χ2v) is 17.8. The molecule has 2 N–H and O–H groups in total. The Labute approximate surface area is 290 Å². The van der Waals surface area contributed by atoms with Gasteiger partial charge >= 0.3 is 11.9 Å². The van der Waals surface area contributed by atoms with Gasteiger partial charge in [-0.15, -0.1) is 0 Å². The topological polar surface area (TPSA) is 93.1 Å². The van der Waals surface area contributed by atoms with E-state index in [-0.39, 0.29) is 11.3 Å². The van der Waals surface area contributed by atoms with E-state index in [1.165, 1.54) is 6.42 Å². The second kappa shape index (κ2) is 13.3. The van der Waals surface area contributed by atoms with Crippen molar-refractivity contribution in [3.63, 3.8) is 0 Å². The van der Waals surface area contributed by atoms with Crippen LogP contribution < -0.4 is 0 Å². The summed E-state index contributed by atoms with van der Waals surface area (Å²) in [7, 11) is -1.87. The summed E-state index contributed by atoms with van der Waals surface area (Å²) in [5.41, 5.74) is 1.32. The highest BCUT2D eigenvalue weighted by molar-refractivity contribution is 8.33. The number of phenolic OH excluding ortho intramolecular Hbond substituents is 1. The first-order valence-electron chi connectivity index (χ1n) is 17.4. The Morgan fingerprint density at radius 2 is 1.41 bits per heavy atom. The molecule has 4 aromatic carbocycles. The van der Waals surface area contributed by atoms with Crippen LogP contribution in [0.15, 0.2) is 118 Å². The maximum atomic E-state index is 14.1. The number of rotatable bonds is 10. The predicted molar refractivity (Wildman–Crippen MR) is 191 cm³/mol. The summed E-state index contributed by atoms with van der Waals surface area (Å²) in [5, 5.41) is 23.1. The van der Waals surface area contributed by atoms with E-state index in [4.69, 9.17) is 9.47 Å². The summed E-state index contributed by atoms with van der Waals surface area (Å²) in [6.45, 7) is 3.59. The largest absolute Gasteiger partial charge is 0.508 e. The lowest BCUT2D eigenvalue weighted by Gasteiger charge is -2.59. The number of hydrogen-bond donors (Lipinski definition) is 2. The van der Waals surface area contributed by atoms with Gasteiger partial charge in [-0.25, -0.2) is 4.79 Å². The van der Waals surface area contributed by atoms with Gasteiger partial charge in [0.1, 0.15) is 17.3 Å². The fourth-order valence-corrected chi connectivity index (χ4v) is 12.4. The zero-order chi connectivity index (χ0) is 34.3. The Bertz CT molecular complexity index is 1800. The smallest absolute Gasteiger partial charge is 0.344 e. The van der Waals surface area contributed by atoms with Crippen molar-refractivity contribution in [2.75, 3.05) is 12.9 Å². The second-order valence-electron chi connectivity index (χ2n) is 14.6. The van der Waals surface area contributed by atoms with Gasteiger partial charge in [0.05, 0.1) is 6.10 Å². The number of aryl methyl sites for hydroxylation is 1. The molecular weight excluding hydrogens is 633 g/mol. The summed E-state index contributed by atoms with van der Waals surface area (Å²) < 4.78 is 11.9. The van der Waals surface area contributed by atoms with Crippen molar-refractivity contribution in [3.8, 4) is 5.75 Å². The number of esters is 2. The van der Waals surface area contributed by atoms with Gasteiger partial charge in [-0.05, 0) is 133 Å². The first-order valence-corrected chi connectivity index (χ1v) is 19.5. The van der Waals surface area contributed by atoms with Crippen LogP contribution in [0.2, 0.25) is 0 Å². The molecule has 0 amide bonds. The number of aliphatic hydroxyl groups is 1. The van der Waals surface area contributed by atoms with Gasteiger partial charge in [-0.2, -0.15) is 10.0 Å². The third-order valence-corrected chi connectivity index (χ3v) is 15.4. The Balaban J connectivity index is 1.21. The predicted octanol–water partition coefficient (Wildman–Crippen LogP) is 8.73. The molecule has 3 atom stereocenters. The van der Waals surface area contributed by atoms with Crippen LogP contribution in [0, 0.1) is 30.6 Å². The number of aromatic hydroxyl groups is 1. The van der Waals surface area contributed by atoms with Crippen molar-refractivity contribution in [2.24, 2.45) is 23.7 Å². The van der Waals surface area contributed by atoms with Crippen LogP contribution in [0.4, 0.5) is 0 Å². The molecule has 4 bridgehead atoms. The zero-order valence-electron chi connectivity index (χ0n) is 28.5. The Morgan fingerprint density at radius 3 is 2.04 bits per heavy atom. The molecule has 0 aromatic heterocycles. The van der Waals surface area contributed by atoms with Gasteiger partial charge in [0.15, 0.2) is 6.61 Å². The molecule has 4 aliphatic carbocycles. The van der Waals surface area contributed by atoms with E-state index in [9.17, 15) is 19.8 Å². The van der Waals surface area contributed by atoms with Crippen LogP contribution >= 0.6 is 10.0 Å². The number of hydrogen-bond acceptors (Lipinski definition) is 6. The minimum atomic E-state index is -1.87. The Kier molecular flexibility index (Phi) is 9.09. The van der Waals surface area contributed by atoms with Gasteiger partial charge in [0, 0.05) is 10.5 Å². The highest BCUT2D eigenvalue weighted by Crippen LogP contribution is 2.67. The van der Waals surface area contributed by atoms with Crippen LogP contribution in [0.1, 0.15) is 67.7 Å². The Hall–Kier alpha value is -4.07. The molecule has 0 saturated heterocycles. The highest BCUT2D eigenvalue weighted by atomic mass is 32.3. The van der Waals surface area contributed by atoms with Crippen LogP contribution in [-0.2, 0) is 19.1 Å². The maximum Gasteiger partial charge on any atom is 0.344 e. The lowest BCUT2D eigenvalue weighted by Crippen LogP contribution is -2.58. The van der Waals surface area contributed by atoms with E-state index < -0.39 is 46.2 Å². The van der Waals surface area contributed by atoms with Crippen molar-refractivity contribution in [1.29, 1.82) is 0 Å². The van der Waals surface area contributed by atoms with Crippen molar-refractivity contribution in [1.82, 2.24) is 0 Å². The molecule has 0 aliphatic heterocycles. The van der Waals surface area contributed by atoms with Crippen LogP contribution in [0.3, 0.4) is 0 Å². The standard InChI is InChI=1S/C42H46O6S/c1-27-12-10-11-17-37(27)49(3,33-15-8-5-9-16-33)34-18-19-36(43)35(25-34)39(40(45)30-13-6-4-7-14-30)41(46)47-26-38(44)48-42(2)31-21-28-20-29(23-31)24-32(42)22-28/h4-19,25,28-29,31-32,39-40,43,45H,20-24,26H2,1-3H3. The van der Waals surface area contributed by atoms with Gasteiger partial charge in [0.2, 0.25) is 0 Å². The summed E-state index contributed by atoms with van der Waals surface area (Å²) in [4.78, 5) is 30.6. The number of aliphatic hydroxyl groups excluding tert-OH is 1. The summed E-state index contributed by atoms with van der Waals surface area (Å²) in [6.07, 6.45) is 6.51. The quantitative estimate of drug-likeness (QED) is 0.163. The molecule has 0 radical (unpaired) electrons. The number of ether oxygens (including phenoxy) is 2. The fraction of sp³-hybridized carbons (Fsp3) is 0.381. The van der Waals surface area contributed by atoms with E-state index >= 15 is 0 Å². The van der Waals surface area contributed by atoms with Crippen molar-refractivity contribution < 1.29 is 29.3 Å². The maximum absolute atomic E-state index is 14.1. The number of phenols is 1. The molecule has 4 fully saturated rings. The van der Waals surface area contributed by atoms with Crippen LogP contribution in [-0.4, -0.2) is 40.6 Å². The molecule has 3 unspecified atom stereocenters. The molecular formula is C42H46O6S. The van der Waals surface area contributed by atoms with Crippen LogP contribution in [0.25, 0.3) is 0 Å². The molecule has 4 aromatic rings. The minimum absolute atomic E-state index is 0.135. The normalized spacial score (nSPS) is 27.0. The molecule has 7 heteroatoms. The highest BCUT2D eigenvalue weighted by Gasteiger charge is 2.57. The van der Waals surface area contributed by atoms with Crippen molar-refractivity contribution in [2.45, 2.75) is 78.3 Å². The van der Waals surface area contributed by atoms with E-state index in [1.54, 1.807) is 30.3 Å². The molecule has 4 saturated carbocycles. The fourth-order valence-electron chi connectivity index (χ4n) is 9.18. The molecule has 49 heavy (non-hydrogen) atoms. The van der Waals surface area contributed by atoms with Crippen molar-refractivity contribution in [3.05, 3.63) is 120 Å². The zero-order valence-corrected chi connectivity index (χ0v) is 29.3. The number of carbonyl (C=O) groups excluding carboxylic acids is 2. The molecule has 256 valence electrons. The molecule has 6 nitrogen and oxygen atoms in total. The average Bonchev–Trinajstić information content (AvgIpc) is 3.11. The van der Waals surface area contributed by atoms with Gasteiger partial charge < -0.3 is 19.7 Å². The van der Waals surface area contributed by atoms with E-state index in [1.807, 2.05) is 48.5 Å². The van der Waals surface area contributed by atoms with E-state index in [0.29, 0.717) is 17.4 Å². The third kappa shape index (κ3) is 6.16. The molecule has 8 rings (SSSR count). The summed E-state index contributed by atoms with van der Waals surface area (Å²) in [5.74, 6) is -0.680. The first kappa shape index (κ1) is 33.4. The molecule has 0 heterocycles. The number of carbonyl (C=O) groups is 2. The lowest BCUT2D eigenvalue weighted by atomic mass is 9.50. The third-order valence-electron chi connectivity index (χ3n) is 11.7. The average molecular weight is 679 g/mol. The van der Waals surface area contributed by atoms with Gasteiger partial charge in [-0.3, -0.25) is 4.79 Å². The van der Waals surface area contributed by atoms with Crippen LogP contribution in [0.5, 0.6) is 5.75 Å². The van der Waals surface area contributed by atoms with Gasteiger partial charge in [-0.1, -0.05) is 66.7 Å². The van der Waals surface area contributed by atoms with E-state index in [2.05, 4.69) is 44.4 Å². The van der Waals surface area contributed by atoms with E-state index in [0.717, 1.165) is 57.8 Å². The lowest BCUT2D eigenvalue weighted by molar-refractivity contribution is -0.207. The summed E-state index contributed by atoms with van der Waals surface area (Å²) in [6, 6.07) is 32.7. The molecule has 0 spiro atoms. The minimum Gasteiger partial charge on any atom is -0.508 e. The SMILES string of the molecule is Cc1ccccc1S(C)(c1ccccc1)c1ccc(O)c(C(C(=O)OCC(=O)OC2(C)C3CC4CC(C3)CC2C4)C(O)c2ccccc2)c1. The summed E-state index contributed by atoms with van der Waals surface area (Å²) >= 11 is 0. The molecule has 4 aliphatic rings. The monoisotopic (exact) mass is 678 g/mol. The first-order chi connectivity index (χ1) is 23.6. The Morgan fingerprint density at radius 1 is 0.816 bits per heavy atom. The van der Waals surface area contributed by atoms with Gasteiger partial charge in [0.25, 0.3) is 0 Å².